The zero-order valence-electron chi connectivity index (χ0n) is 6.19. The molecule has 0 aliphatic carbocycles. The number of fused-ring (bicyclic) bond motifs is 1. The lowest BCUT2D eigenvalue weighted by atomic mass is 10.3. The molecule has 3 N–H and O–H groups in total. The highest BCUT2D eigenvalue weighted by molar-refractivity contribution is 5.79. The first-order valence-electron chi connectivity index (χ1n) is 3.36. The second-order valence-electron chi connectivity index (χ2n) is 2.33. The molecule has 0 unspecified atom stereocenters. The lowest BCUT2D eigenvalue weighted by Crippen LogP contribution is -2.23. The van der Waals surface area contributed by atoms with Crippen LogP contribution in [0.25, 0.3) is 6.08 Å². The lowest BCUT2D eigenvalue weighted by molar-refractivity contribution is 0.230. The summed E-state index contributed by atoms with van der Waals surface area (Å²) in [4.78, 5) is 0. The predicted molar refractivity (Wildman–Crippen MR) is 41.2 cm³/mol. The highest BCUT2D eigenvalue weighted by atomic mass is 16.5. The summed E-state index contributed by atoms with van der Waals surface area (Å²) in [5.74, 6) is -0.143. The number of hydrogen-bond donors (Lipinski definition) is 2. The van der Waals surface area contributed by atoms with Gasteiger partial charge in [-0.05, 0) is 0 Å². The van der Waals surface area contributed by atoms with Crippen LogP contribution in [0.4, 0.5) is 0 Å². The van der Waals surface area contributed by atoms with Gasteiger partial charge in [0.05, 0.1) is 6.26 Å². The summed E-state index contributed by atoms with van der Waals surface area (Å²) in [5.41, 5.74) is 6.67. The van der Waals surface area contributed by atoms with Crippen LogP contribution in [-0.4, -0.2) is 21.0 Å². The highest BCUT2D eigenvalue weighted by Gasteiger charge is 2.14. The molecule has 1 aliphatic heterocycles. The molecule has 0 aromatic carbocycles. The second-order valence-corrected chi connectivity index (χ2v) is 2.33. The predicted octanol–water partition coefficient (Wildman–Crippen LogP) is -0.479. The maximum absolute atomic E-state index is 7.16. The summed E-state index contributed by atoms with van der Waals surface area (Å²) >= 11 is 0. The van der Waals surface area contributed by atoms with Crippen molar-refractivity contribution in [2.24, 2.45) is 5.73 Å². The molecule has 1 aliphatic rings. The van der Waals surface area contributed by atoms with Gasteiger partial charge in [-0.1, -0.05) is 5.21 Å². The Morgan fingerprint density at radius 2 is 2.58 bits per heavy atom. The van der Waals surface area contributed by atoms with Gasteiger partial charge in [-0.2, -0.15) is 4.68 Å². The van der Waals surface area contributed by atoms with Gasteiger partial charge in [0.2, 0.25) is 5.96 Å². The Bertz CT molecular complexity index is 353. The Labute approximate surface area is 68.1 Å². The Morgan fingerprint density at radius 3 is 3.33 bits per heavy atom. The molecular formula is C6H7N5O. The SMILES string of the molecule is N=C(N)n1nnc2c1C=COC2. The zero-order chi connectivity index (χ0) is 8.55. The van der Waals surface area contributed by atoms with Gasteiger partial charge in [-0.15, -0.1) is 5.10 Å². The molecule has 2 rings (SSSR count). The molecule has 0 saturated heterocycles. The van der Waals surface area contributed by atoms with E-state index in [-0.39, 0.29) is 5.96 Å². The van der Waals surface area contributed by atoms with Crippen LogP contribution < -0.4 is 5.73 Å². The standard InChI is InChI=1S/C6H7N5O/c7-6(8)11-5-1-2-12-3-4(5)9-10-11/h1-2H,3H2,(H3,7,8). The topological polar surface area (TPSA) is 89.8 Å². The molecule has 0 radical (unpaired) electrons. The summed E-state index contributed by atoms with van der Waals surface area (Å²) in [6.45, 7) is 0.388. The van der Waals surface area contributed by atoms with Crippen molar-refractivity contribution in [3.05, 3.63) is 17.6 Å². The van der Waals surface area contributed by atoms with E-state index in [0.717, 1.165) is 0 Å². The number of rotatable bonds is 0. The first-order valence-corrected chi connectivity index (χ1v) is 3.36. The van der Waals surface area contributed by atoms with Gasteiger partial charge in [0, 0.05) is 6.08 Å². The number of nitrogen functional groups attached to an aromatic ring is 1. The van der Waals surface area contributed by atoms with Crippen molar-refractivity contribution in [1.82, 2.24) is 15.0 Å². The first kappa shape index (κ1) is 6.84. The van der Waals surface area contributed by atoms with E-state index in [1.807, 2.05) is 0 Å². The molecule has 1 aromatic heterocycles. The fraction of sp³-hybridized carbons (Fsp3) is 0.167. The van der Waals surface area contributed by atoms with E-state index in [1.165, 1.54) is 10.9 Å². The molecule has 62 valence electrons. The van der Waals surface area contributed by atoms with Crippen LogP contribution >= 0.6 is 0 Å². The highest BCUT2D eigenvalue weighted by Crippen LogP contribution is 2.13. The van der Waals surface area contributed by atoms with Crippen molar-refractivity contribution in [3.8, 4) is 0 Å². The average Bonchev–Trinajstić information content (AvgIpc) is 2.47. The Balaban J connectivity index is 2.54. The van der Waals surface area contributed by atoms with Crippen molar-refractivity contribution in [2.45, 2.75) is 6.61 Å². The van der Waals surface area contributed by atoms with E-state index in [4.69, 9.17) is 15.9 Å². The van der Waals surface area contributed by atoms with E-state index < -0.39 is 0 Å². The fourth-order valence-corrected chi connectivity index (χ4v) is 1.01. The zero-order valence-corrected chi connectivity index (χ0v) is 6.19. The molecule has 12 heavy (non-hydrogen) atoms. The van der Waals surface area contributed by atoms with Gasteiger partial charge in [0.15, 0.2) is 0 Å². The molecule has 0 atom stereocenters. The third kappa shape index (κ3) is 0.849. The van der Waals surface area contributed by atoms with Gasteiger partial charge in [0.1, 0.15) is 18.0 Å². The maximum atomic E-state index is 7.16. The minimum atomic E-state index is -0.143. The molecular weight excluding hydrogens is 158 g/mol. The largest absolute Gasteiger partial charge is 0.495 e. The van der Waals surface area contributed by atoms with Gasteiger partial charge in [-0.3, -0.25) is 5.41 Å². The third-order valence-electron chi connectivity index (χ3n) is 1.55. The summed E-state index contributed by atoms with van der Waals surface area (Å²) in [5, 5.41) is 14.6. The van der Waals surface area contributed by atoms with Crippen LogP contribution in [0.2, 0.25) is 0 Å². The number of nitrogens with one attached hydrogen (secondary N) is 1. The summed E-state index contributed by atoms with van der Waals surface area (Å²) in [6, 6.07) is 0. The monoisotopic (exact) mass is 165 g/mol. The molecule has 0 fully saturated rings. The second kappa shape index (κ2) is 2.33. The Kier molecular flexibility index (Phi) is 1.33. The van der Waals surface area contributed by atoms with Crippen LogP contribution in [-0.2, 0) is 11.3 Å². The van der Waals surface area contributed by atoms with E-state index in [1.54, 1.807) is 6.08 Å². The molecule has 0 saturated carbocycles. The van der Waals surface area contributed by atoms with Crippen molar-refractivity contribution in [2.75, 3.05) is 0 Å². The van der Waals surface area contributed by atoms with Crippen LogP contribution in [0.15, 0.2) is 6.26 Å². The average molecular weight is 165 g/mol. The number of hydrogen-bond acceptors (Lipinski definition) is 4. The van der Waals surface area contributed by atoms with Gasteiger partial charge in [-0.25, -0.2) is 0 Å². The third-order valence-corrected chi connectivity index (χ3v) is 1.55. The summed E-state index contributed by atoms with van der Waals surface area (Å²) < 4.78 is 6.24. The quantitative estimate of drug-likeness (QED) is 0.401. The van der Waals surface area contributed by atoms with Crippen LogP contribution in [0, 0.1) is 5.41 Å². The van der Waals surface area contributed by atoms with Gasteiger partial charge < -0.3 is 10.5 Å². The van der Waals surface area contributed by atoms with Crippen LogP contribution in [0.1, 0.15) is 11.4 Å². The fourth-order valence-electron chi connectivity index (χ4n) is 1.01. The minimum absolute atomic E-state index is 0.143. The molecule has 0 bridgehead atoms. The van der Waals surface area contributed by atoms with Crippen molar-refractivity contribution in [1.29, 1.82) is 5.41 Å². The number of aromatic nitrogens is 3. The summed E-state index contributed by atoms with van der Waals surface area (Å²) in [7, 11) is 0. The molecule has 0 amide bonds. The van der Waals surface area contributed by atoms with Crippen molar-refractivity contribution < 1.29 is 4.74 Å². The lowest BCUT2D eigenvalue weighted by Gasteiger charge is -2.05. The molecule has 0 spiro atoms. The number of nitrogens with two attached hydrogens (primary N) is 1. The maximum Gasteiger partial charge on any atom is 0.215 e. The van der Waals surface area contributed by atoms with Gasteiger partial charge in [0.25, 0.3) is 0 Å². The Morgan fingerprint density at radius 1 is 1.75 bits per heavy atom. The smallest absolute Gasteiger partial charge is 0.215 e. The van der Waals surface area contributed by atoms with E-state index in [0.29, 0.717) is 18.0 Å². The van der Waals surface area contributed by atoms with Crippen LogP contribution in [0.5, 0.6) is 0 Å². The number of nitrogens with zero attached hydrogens (tertiary/aromatic N) is 3. The van der Waals surface area contributed by atoms with Gasteiger partial charge >= 0.3 is 0 Å². The number of ether oxygens (including phenoxy) is 1. The molecule has 6 nitrogen and oxygen atoms in total. The van der Waals surface area contributed by atoms with Crippen LogP contribution in [0.3, 0.4) is 0 Å². The first-order chi connectivity index (χ1) is 5.79. The van der Waals surface area contributed by atoms with E-state index in [2.05, 4.69) is 10.3 Å². The van der Waals surface area contributed by atoms with Crippen molar-refractivity contribution in [3.63, 3.8) is 0 Å². The molecule has 1 aromatic rings. The van der Waals surface area contributed by atoms with E-state index >= 15 is 0 Å². The van der Waals surface area contributed by atoms with Crippen molar-refractivity contribution >= 4 is 12.0 Å². The summed E-state index contributed by atoms with van der Waals surface area (Å²) in [6.07, 6.45) is 3.21. The van der Waals surface area contributed by atoms with E-state index in [9.17, 15) is 0 Å². The molecule has 2 heterocycles. The normalized spacial score (nSPS) is 13.7. The Hall–Kier alpha value is -1.85. The minimum Gasteiger partial charge on any atom is -0.495 e. The molecule has 6 heteroatoms.